The number of ether oxygens (including phenoxy) is 1. The van der Waals surface area contributed by atoms with Crippen molar-refractivity contribution < 1.29 is 14.6 Å². The molecular weight excluding hydrogens is 222 g/mol. The van der Waals surface area contributed by atoms with Gasteiger partial charge in [-0.1, -0.05) is 0 Å². The molecule has 0 aromatic carbocycles. The largest absolute Gasteiger partial charge is 0.478 e. The maximum absolute atomic E-state index is 10.9. The average Bonchev–Trinajstić information content (AvgIpc) is 2.89. The molecule has 0 radical (unpaired) electrons. The summed E-state index contributed by atoms with van der Waals surface area (Å²) in [5.41, 5.74) is 0.947. The quantitative estimate of drug-likeness (QED) is 0.777. The molecule has 1 saturated heterocycles. The van der Waals surface area contributed by atoms with Gasteiger partial charge in [-0.15, -0.1) is 0 Å². The Balaban J connectivity index is 1.89. The molecule has 2 rings (SSSR count). The summed E-state index contributed by atoms with van der Waals surface area (Å²) in [4.78, 5) is 10.9. The lowest BCUT2D eigenvalue weighted by atomic mass is 10.2. The Labute approximate surface area is 99.6 Å². The summed E-state index contributed by atoms with van der Waals surface area (Å²) in [5.74, 6) is -0.938. The van der Waals surface area contributed by atoms with Crippen LogP contribution in [-0.4, -0.2) is 40.1 Å². The second-order valence-electron chi connectivity index (χ2n) is 4.20. The van der Waals surface area contributed by atoms with Crippen molar-refractivity contribution in [2.75, 3.05) is 13.2 Å². The highest BCUT2D eigenvalue weighted by Crippen LogP contribution is 2.11. The second kappa shape index (κ2) is 5.29. The van der Waals surface area contributed by atoms with Crippen LogP contribution in [0.2, 0.25) is 0 Å². The number of nitrogens with one attached hydrogen (secondary N) is 1. The number of nitrogens with zero attached hydrogens (tertiary/aromatic N) is 2. The summed E-state index contributed by atoms with van der Waals surface area (Å²) in [7, 11) is 1.75. The van der Waals surface area contributed by atoms with Gasteiger partial charge in [-0.3, -0.25) is 4.68 Å². The summed E-state index contributed by atoms with van der Waals surface area (Å²) in [6.07, 6.45) is 3.82. The molecule has 1 fully saturated rings. The van der Waals surface area contributed by atoms with Crippen LogP contribution in [0.3, 0.4) is 0 Å². The number of aryl methyl sites for hydroxylation is 1. The van der Waals surface area contributed by atoms with E-state index in [1.165, 1.54) is 6.20 Å². The van der Waals surface area contributed by atoms with Crippen LogP contribution in [-0.2, 0) is 18.3 Å². The fourth-order valence-electron chi connectivity index (χ4n) is 2.01. The van der Waals surface area contributed by atoms with Crippen LogP contribution in [0.5, 0.6) is 0 Å². The molecule has 0 saturated carbocycles. The second-order valence-corrected chi connectivity index (χ2v) is 4.20. The summed E-state index contributed by atoms with van der Waals surface area (Å²) in [6.45, 7) is 2.08. The van der Waals surface area contributed by atoms with Gasteiger partial charge in [0.1, 0.15) is 5.56 Å². The van der Waals surface area contributed by atoms with Gasteiger partial charge in [0, 0.05) is 26.7 Å². The van der Waals surface area contributed by atoms with E-state index in [1.807, 2.05) is 0 Å². The van der Waals surface area contributed by atoms with Crippen molar-refractivity contribution in [1.82, 2.24) is 15.1 Å². The maximum Gasteiger partial charge on any atom is 0.339 e. The molecule has 2 N–H and O–H groups in total. The molecule has 0 bridgehead atoms. The van der Waals surface area contributed by atoms with Crippen LogP contribution in [0, 0.1) is 0 Å². The zero-order chi connectivity index (χ0) is 12.3. The lowest BCUT2D eigenvalue weighted by Gasteiger charge is -2.11. The number of aromatic nitrogens is 2. The molecule has 1 aliphatic rings. The lowest BCUT2D eigenvalue weighted by molar-refractivity contribution is 0.0695. The summed E-state index contributed by atoms with van der Waals surface area (Å²) in [5, 5.41) is 16.2. The molecule has 17 heavy (non-hydrogen) atoms. The van der Waals surface area contributed by atoms with Crippen molar-refractivity contribution in [2.24, 2.45) is 7.05 Å². The smallest absolute Gasteiger partial charge is 0.339 e. The lowest BCUT2D eigenvalue weighted by Crippen LogP contribution is -2.27. The first-order valence-corrected chi connectivity index (χ1v) is 5.75. The number of rotatable bonds is 5. The number of carboxylic acid groups (broad SMARTS) is 1. The Bertz CT molecular complexity index is 397. The highest BCUT2D eigenvalue weighted by molar-refractivity contribution is 5.88. The normalized spacial score (nSPS) is 19.7. The van der Waals surface area contributed by atoms with Gasteiger partial charge in [-0.25, -0.2) is 4.79 Å². The van der Waals surface area contributed by atoms with E-state index >= 15 is 0 Å². The SMILES string of the molecule is Cn1ncc(C(=O)O)c1CNCC1CCCO1. The van der Waals surface area contributed by atoms with E-state index in [1.54, 1.807) is 11.7 Å². The van der Waals surface area contributed by atoms with Gasteiger partial charge in [0.15, 0.2) is 0 Å². The summed E-state index contributed by atoms with van der Waals surface area (Å²) >= 11 is 0. The standard InChI is InChI=1S/C11H17N3O3/c1-14-10(9(6-13-14)11(15)16)7-12-5-8-3-2-4-17-8/h6,8,12H,2-5,7H2,1H3,(H,15,16). The Morgan fingerprint density at radius 3 is 3.24 bits per heavy atom. The molecule has 1 atom stereocenters. The van der Waals surface area contributed by atoms with E-state index < -0.39 is 5.97 Å². The average molecular weight is 239 g/mol. The number of hydrogen-bond donors (Lipinski definition) is 2. The van der Waals surface area contributed by atoms with Crippen LogP contribution < -0.4 is 5.32 Å². The van der Waals surface area contributed by atoms with E-state index in [-0.39, 0.29) is 11.7 Å². The van der Waals surface area contributed by atoms with Crippen molar-refractivity contribution >= 4 is 5.97 Å². The van der Waals surface area contributed by atoms with E-state index in [0.717, 1.165) is 26.0 Å². The fourth-order valence-corrected chi connectivity index (χ4v) is 2.01. The molecule has 1 aromatic heterocycles. The van der Waals surface area contributed by atoms with Crippen LogP contribution in [0.15, 0.2) is 6.20 Å². The Hall–Kier alpha value is -1.40. The fraction of sp³-hybridized carbons (Fsp3) is 0.636. The zero-order valence-electron chi connectivity index (χ0n) is 9.85. The highest BCUT2D eigenvalue weighted by atomic mass is 16.5. The van der Waals surface area contributed by atoms with Gasteiger partial charge in [0.25, 0.3) is 0 Å². The van der Waals surface area contributed by atoms with E-state index in [0.29, 0.717) is 12.2 Å². The number of aromatic carboxylic acids is 1. The van der Waals surface area contributed by atoms with E-state index in [9.17, 15) is 4.79 Å². The van der Waals surface area contributed by atoms with Crippen molar-refractivity contribution in [3.05, 3.63) is 17.5 Å². The molecule has 6 heteroatoms. The van der Waals surface area contributed by atoms with Crippen LogP contribution in [0.4, 0.5) is 0 Å². The van der Waals surface area contributed by atoms with Gasteiger partial charge in [-0.2, -0.15) is 5.10 Å². The molecule has 1 aliphatic heterocycles. The molecule has 1 aromatic rings. The van der Waals surface area contributed by atoms with Crippen molar-refractivity contribution in [3.8, 4) is 0 Å². The van der Waals surface area contributed by atoms with E-state index in [2.05, 4.69) is 10.4 Å². The minimum Gasteiger partial charge on any atom is -0.478 e. The third kappa shape index (κ3) is 2.83. The number of carbonyl (C=O) groups is 1. The van der Waals surface area contributed by atoms with Gasteiger partial charge >= 0.3 is 5.97 Å². The first-order chi connectivity index (χ1) is 8.18. The molecule has 1 unspecified atom stereocenters. The van der Waals surface area contributed by atoms with Gasteiger partial charge in [0.05, 0.1) is 18.0 Å². The topological polar surface area (TPSA) is 76.4 Å². The first kappa shape index (κ1) is 12.1. The summed E-state index contributed by atoms with van der Waals surface area (Å²) in [6, 6.07) is 0. The predicted molar refractivity (Wildman–Crippen MR) is 60.8 cm³/mol. The van der Waals surface area contributed by atoms with Crippen LogP contribution in [0.25, 0.3) is 0 Å². The molecular formula is C11H17N3O3. The van der Waals surface area contributed by atoms with Gasteiger partial charge in [-0.05, 0) is 12.8 Å². The predicted octanol–water partition coefficient (Wildman–Crippen LogP) is 0.387. The highest BCUT2D eigenvalue weighted by Gasteiger charge is 2.17. The maximum atomic E-state index is 10.9. The van der Waals surface area contributed by atoms with Gasteiger partial charge in [0.2, 0.25) is 0 Å². The first-order valence-electron chi connectivity index (χ1n) is 5.75. The number of hydrogen-bond acceptors (Lipinski definition) is 4. The molecule has 0 amide bonds. The summed E-state index contributed by atoms with van der Waals surface area (Å²) < 4.78 is 7.07. The molecule has 0 spiro atoms. The third-order valence-corrected chi connectivity index (χ3v) is 2.98. The van der Waals surface area contributed by atoms with Gasteiger partial charge < -0.3 is 15.2 Å². The monoisotopic (exact) mass is 239 g/mol. The Kier molecular flexibility index (Phi) is 3.75. The van der Waals surface area contributed by atoms with Crippen molar-refractivity contribution in [3.63, 3.8) is 0 Å². The van der Waals surface area contributed by atoms with Crippen molar-refractivity contribution in [1.29, 1.82) is 0 Å². The minimum absolute atomic E-state index is 0.257. The van der Waals surface area contributed by atoms with E-state index in [4.69, 9.17) is 9.84 Å². The molecule has 2 heterocycles. The minimum atomic E-state index is -0.938. The number of carboxylic acids is 1. The zero-order valence-corrected chi connectivity index (χ0v) is 9.85. The Morgan fingerprint density at radius 1 is 1.76 bits per heavy atom. The van der Waals surface area contributed by atoms with Crippen molar-refractivity contribution in [2.45, 2.75) is 25.5 Å². The molecule has 94 valence electrons. The third-order valence-electron chi connectivity index (χ3n) is 2.98. The van der Waals surface area contributed by atoms with Crippen LogP contribution in [0.1, 0.15) is 28.9 Å². The molecule has 6 nitrogen and oxygen atoms in total. The van der Waals surface area contributed by atoms with Crippen LogP contribution >= 0.6 is 0 Å². The molecule has 0 aliphatic carbocycles. The Morgan fingerprint density at radius 2 is 2.59 bits per heavy atom.